The van der Waals surface area contributed by atoms with Crippen LogP contribution in [0.25, 0.3) is 6.08 Å². The van der Waals surface area contributed by atoms with E-state index < -0.39 is 5.91 Å². The Hall–Kier alpha value is -3.46. The Morgan fingerprint density at radius 2 is 2.04 bits per heavy atom. The average Bonchev–Trinajstić information content (AvgIpc) is 2.72. The van der Waals surface area contributed by atoms with E-state index in [1.165, 1.54) is 13.2 Å². The number of carbonyl (C=O) groups is 1. The van der Waals surface area contributed by atoms with Crippen LogP contribution in [-0.4, -0.2) is 32.8 Å². The Bertz CT molecular complexity index is 868. The fourth-order valence-electron chi connectivity index (χ4n) is 2.75. The fourth-order valence-corrected chi connectivity index (χ4v) is 2.75. The zero-order valence-corrected chi connectivity index (χ0v) is 15.0. The third-order valence-electron chi connectivity index (χ3n) is 4.07. The lowest BCUT2D eigenvalue weighted by Gasteiger charge is -2.21. The van der Waals surface area contributed by atoms with Crippen molar-refractivity contribution in [3.8, 4) is 23.3 Å². The highest BCUT2D eigenvalue weighted by Crippen LogP contribution is 2.40. The largest absolute Gasteiger partial charge is 0.493 e. The number of carbonyl (C=O) groups excluding carboxylic acids is 1. The summed E-state index contributed by atoms with van der Waals surface area (Å²) in [7, 11) is 1.53. The third kappa shape index (κ3) is 4.59. The lowest BCUT2D eigenvalue weighted by molar-refractivity contribution is -0.117. The molecule has 2 aromatic carbocycles. The topological polar surface area (TPSA) is 80.6 Å². The molecule has 138 valence electrons. The molecule has 6 nitrogen and oxygen atoms in total. The minimum atomic E-state index is -0.415. The van der Waals surface area contributed by atoms with Crippen molar-refractivity contribution in [3.05, 3.63) is 59.2 Å². The molecule has 1 aliphatic rings. The van der Waals surface area contributed by atoms with Crippen LogP contribution in [0.1, 0.15) is 11.1 Å². The van der Waals surface area contributed by atoms with E-state index in [2.05, 4.69) is 5.32 Å². The van der Waals surface area contributed by atoms with Crippen LogP contribution in [0, 0.1) is 11.3 Å². The molecule has 0 fully saturated rings. The van der Waals surface area contributed by atoms with E-state index in [0.29, 0.717) is 49.0 Å². The second-order valence-electron chi connectivity index (χ2n) is 5.91. The molecule has 1 heterocycles. The summed E-state index contributed by atoms with van der Waals surface area (Å²) in [5.41, 5.74) is 1.77. The van der Waals surface area contributed by atoms with Gasteiger partial charge in [-0.2, -0.15) is 5.26 Å². The highest BCUT2D eigenvalue weighted by atomic mass is 16.6. The van der Waals surface area contributed by atoms with Gasteiger partial charge in [0, 0.05) is 6.54 Å². The molecule has 3 rings (SSSR count). The van der Waals surface area contributed by atoms with Crippen molar-refractivity contribution in [1.82, 2.24) is 5.32 Å². The average molecular weight is 364 g/mol. The van der Waals surface area contributed by atoms with Crippen LogP contribution in [0.2, 0.25) is 0 Å². The smallest absolute Gasteiger partial charge is 0.261 e. The number of nitrogens with zero attached hydrogens (tertiary/aromatic N) is 1. The lowest BCUT2D eigenvalue weighted by Crippen LogP contribution is -2.26. The quantitative estimate of drug-likeness (QED) is 0.630. The summed E-state index contributed by atoms with van der Waals surface area (Å²) in [6.45, 7) is 1.34. The number of nitrogens with one attached hydrogen (secondary N) is 1. The molecule has 0 saturated carbocycles. The second-order valence-corrected chi connectivity index (χ2v) is 5.91. The SMILES string of the molecule is COc1cc(/C=C(\C#N)C(=O)NCCc2ccccc2)cc2c1OCCO2. The predicted octanol–water partition coefficient (Wildman–Crippen LogP) is 2.73. The standard InChI is InChI=1S/C21H20N2O4/c1-25-18-12-16(13-19-20(18)27-10-9-26-19)11-17(14-22)21(24)23-8-7-15-5-3-2-4-6-15/h2-6,11-13H,7-10H2,1H3,(H,23,24)/b17-11+. The fraction of sp³-hybridized carbons (Fsp3) is 0.238. The Labute approximate surface area is 158 Å². The van der Waals surface area contributed by atoms with Gasteiger partial charge in [0.05, 0.1) is 7.11 Å². The Balaban J connectivity index is 1.72. The van der Waals surface area contributed by atoms with E-state index in [0.717, 1.165) is 5.56 Å². The number of ether oxygens (including phenoxy) is 3. The summed E-state index contributed by atoms with van der Waals surface area (Å²) in [5.74, 6) is 1.16. The molecule has 0 atom stereocenters. The Kier molecular flexibility index (Phi) is 5.95. The lowest BCUT2D eigenvalue weighted by atomic mass is 10.1. The molecule has 1 amide bonds. The first kappa shape index (κ1) is 18.3. The molecule has 0 saturated heterocycles. The van der Waals surface area contributed by atoms with Crippen LogP contribution < -0.4 is 19.5 Å². The molecule has 2 aromatic rings. The maximum Gasteiger partial charge on any atom is 0.261 e. The maximum absolute atomic E-state index is 12.3. The molecule has 1 N–H and O–H groups in total. The van der Waals surface area contributed by atoms with Gasteiger partial charge >= 0.3 is 0 Å². The molecule has 0 aromatic heterocycles. The van der Waals surface area contributed by atoms with Gasteiger partial charge in [0.2, 0.25) is 5.75 Å². The number of rotatable bonds is 6. The summed E-state index contributed by atoms with van der Waals surface area (Å²) >= 11 is 0. The molecule has 0 aliphatic carbocycles. The summed E-state index contributed by atoms with van der Waals surface area (Å²) < 4.78 is 16.5. The first-order valence-corrected chi connectivity index (χ1v) is 8.63. The molecule has 0 radical (unpaired) electrons. The van der Waals surface area contributed by atoms with Crippen LogP contribution in [0.4, 0.5) is 0 Å². The van der Waals surface area contributed by atoms with Gasteiger partial charge in [0.1, 0.15) is 24.9 Å². The van der Waals surface area contributed by atoms with Gasteiger partial charge < -0.3 is 19.5 Å². The van der Waals surface area contributed by atoms with Gasteiger partial charge in [-0.25, -0.2) is 0 Å². The van der Waals surface area contributed by atoms with Gasteiger partial charge in [-0.15, -0.1) is 0 Å². The van der Waals surface area contributed by atoms with Gasteiger partial charge in [-0.1, -0.05) is 30.3 Å². The number of fused-ring (bicyclic) bond motifs is 1. The molecule has 0 unspecified atom stereocenters. The normalized spacial score (nSPS) is 12.8. The number of benzene rings is 2. The van der Waals surface area contributed by atoms with E-state index >= 15 is 0 Å². The third-order valence-corrected chi connectivity index (χ3v) is 4.07. The van der Waals surface area contributed by atoms with Gasteiger partial charge in [-0.05, 0) is 35.8 Å². The first-order chi connectivity index (χ1) is 13.2. The van der Waals surface area contributed by atoms with E-state index in [1.807, 2.05) is 36.4 Å². The van der Waals surface area contributed by atoms with Crippen LogP contribution in [0.5, 0.6) is 17.2 Å². The molecule has 0 spiro atoms. The molecule has 0 bridgehead atoms. The van der Waals surface area contributed by atoms with Crippen LogP contribution in [0.3, 0.4) is 0 Å². The molecular formula is C21H20N2O4. The van der Waals surface area contributed by atoms with Crippen molar-refractivity contribution in [1.29, 1.82) is 5.26 Å². The van der Waals surface area contributed by atoms with Gasteiger partial charge in [0.15, 0.2) is 11.5 Å². The number of hydrogen-bond acceptors (Lipinski definition) is 5. The van der Waals surface area contributed by atoms with Gasteiger partial charge in [0.25, 0.3) is 5.91 Å². The van der Waals surface area contributed by atoms with Crippen molar-refractivity contribution in [2.75, 3.05) is 26.9 Å². The van der Waals surface area contributed by atoms with Crippen LogP contribution >= 0.6 is 0 Å². The molecule has 6 heteroatoms. The van der Waals surface area contributed by atoms with Crippen molar-refractivity contribution >= 4 is 12.0 Å². The number of methoxy groups -OCH3 is 1. The molecular weight excluding hydrogens is 344 g/mol. The van der Waals surface area contributed by atoms with E-state index in [1.54, 1.807) is 12.1 Å². The van der Waals surface area contributed by atoms with Crippen LogP contribution in [-0.2, 0) is 11.2 Å². The zero-order chi connectivity index (χ0) is 19.1. The van der Waals surface area contributed by atoms with Crippen molar-refractivity contribution in [2.24, 2.45) is 0 Å². The zero-order valence-electron chi connectivity index (χ0n) is 15.0. The monoisotopic (exact) mass is 364 g/mol. The van der Waals surface area contributed by atoms with Crippen LogP contribution in [0.15, 0.2) is 48.0 Å². The minimum absolute atomic E-state index is 0.0155. The van der Waals surface area contributed by atoms with Crippen molar-refractivity contribution in [3.63, 3.8) is 0 Å². The van der Waals surface area contributed by atoms with Gasteiger partial charge in [-0.3, -0.25) is 4.79 Å². The maximum atomic E-state index is 12.3. The summed E-state index contributed by atoms with van der Waals surface area (Å²) in [6.07, 6.45) is 2.21. The van der Waals surface area contributed by atoms with Crippen molar-refractivity contribution < 1.29 is 19.0 Å². The van der Waals surface area contributed by atoms with E-state index in [4.69, 9.17) is 14.2 Å². The highest BCUT2D eigenvalue weighted by Gasteiger charge is 2.18. The number of hydrogen-bond donors (Lipinski definition) is 1. The van der Waals surface area contributed by atoms with E-state index in [9.17, 15) is 10.1 Å². The summed E-state index contributed by atoms with van der Waals surface area (Å²) in [4.78, 5) is 12.3. The highest BCUT2D eigenvalue weighted by molar-refractivity contribution is 6.01. The Morgan fingerprint density at radius 1 is 1.26 bits per heavy atom. The summed E-state index contributed by atoms with van der Waals surface area (Å²) in [5, 5.41) is 12.1. The van der Waals surface area contributed by atoms with E-state index in [-0.39, 0.29) is 5.57 Å². The molecule has 1 aliphatic heterocycles. The van der Waals surface area contributed by atoms with Crippen molar-refractivity contribution in [2.45, 2.75) is 6.42 Å². The number of amides is 1. The summed E-state index contributed by atoms with van der Waals surface area (Å²) in [6, 6.07) is 15.2. The number of nitriles is 1. The minimum Gasteiger partial charge on any atom is -0.493 e. The second kappa shape index (κ2) is 8.77. The first-order valence-electron chi connectivity index (χ1n) is 8.63. The molecule has 27 heavy (non-hydrogen) atoms. The Morgan fingerprint density at radius 3 is 2.78 bits per heavy atom. The predicted molar refractivity (Wildman–Crippen MR) is 101 cm³/mol.